The van der Waals surface area contributed by atoms with Crippen LogP contribution >= 0.6 is 35.0 Å². The third-order valence-electron chi connectivity index (χ3n) is 4.53. The van der Waals surface area contributed by atoms with Crippen LogP contribution in [0.4, 0.5) is 0 Å². The fraction of sp³-hybridized carbons (Fsp3) is 0.381. The molecule has 0 saturated heterocycles. The predicted molar refractivity (Wildman–Crippen MR) is 114 cm³/mol. The number of carbonyl (C=O) groups is 1. The Morgan fingerprint density at radius 2 is 1.96 bits per heavy atom. The standard InChI is InChI=1S/C21H23Cl2NO2S/c22-18-9-8-15(12-19(18)23)14-27-11-10-24-21(25)13-26-20-7-3-5-16-4-1-2-6-17(16)20/h3,5,7-9,12H,1-2,4,6,10-11,13-14H2,(H,24,25). The molecule has 0 heterocycles. The maximum Gasteiger partial charge on any atom is 0.257 e. The Labute approximate surface area is 174 Å². The Hall–Kier alpha value is -1.36. The van der Waals surface area contributed by atoms with Gasteiger partial charge in [0.1, 0.15) is 5.75 Å². The molecule has 1 N–H and O–H groups in total. The lowest BCUT2D eigenvalue weighted by molar-refractivity contribution is -0.122. The normalized spacial score (nSPS) is 13.1. The van der Waals surface area contributed by atoms with E-state index in [1.165, 1.54) is 24.0 Å². The largest absolute Gasteiger partial charge is 0.483 e. The van der Waals surface area contributed by atoms with E-state index >= 15 is 0 Å². The zero-order valence-corrected chi connectivity index (χ0v) is 17.4. The van der Waals surface area contributed by atoms with Gasteiger partial charge in [-0.3, -0.25) is 4.79 Å². The van der Waals surface area contributed by atoms with Gasteiger partial charge in [-0.2, -0.15) is 11.8 Å². The molecule has 0 spiro atoms. The summed E-state index contributed by atoms with van der Waals surface area (Å²) in [6, 6.07) is 11.8. The Morgan fingerprint density at radius 1 is 1.11 bits per heavy atom. The van der Waals surface area contributed by atoms with Crippen LogP contribution in [0.25, 0.3) is 0 Å². The lowest BCUT2D eigenvalue weighted by Crippen LogP contribution is -2.30. The maximum absolute atomic E-state index is 12.0. The summed E-state index contributed by atoms with van der Waals surface area (Å²) in [5, 5.41) is 4.05. The van der Waals surface area contributed by atoms with Gasteiger partial charge in [-0.1, -0.05) is 41.4 Å². The Balaban J connectivity index is 1.35. The molecular weight excluding hydrogens is 401 g/mol. The molecule has 27 heavy (non-hydrogen) atoms. The molecule has 3 nitrogen and oxygen atoms in total. The highest BCUT2D eigenvalue weighted by Crippen LogP contribution is 2.29. The number of hydrogen-bond donors (Lipinski definition) is 1. The van der Waals surface area contributed by atoms with E-state index in [4.69, 9.17) is 27.9 Å². The quantitative estimate of drug-likeness (QED) is 0.585. The molecule has 2 aromatic rings. The lowest BCUT2D eigenvalue weighted by Gasteiger charge is -2.19. The van der Waals surface area contributed by atoms with Crippen LogP contribution < -0.4 is 10.1 Å². The number of ether oxygens (including phenoxy) is 1. The molecule has 2 aromatic carbocycles. The zero-order chi connectivity index (χ0) is 19.1. The van der Waals surface area contributed by atoms with Crippen molar-refractivity contribution in [2.24, 2.45) is 0 Å². The molecule has 1 aliphatic rings. The molecule has 0 atom stereocenters. The number of halogens is 2. The molecule has 0 saturated carbocycles. The van der Waals surface area contributed by atoms with Crippen molar-refractivity contribution in [3.05, 3.63) is 63.1 Å². The number of carbonyl (C=O) groups excluding carboxylic acids is 1. The smallest absolute Gasteiger partial charge is 0.257 e. The molecule has 1 amide bonds. The average molecular weight is 424 g/mol. The number of fused-ring (bicyclic) bond motifs is 1. The number of thioether (sulfide) groups is 1. The van der Waals surface area contributed by atoms with Crippen LogP contribution in [-0.4, -0.2) is 24.8 Å². The fourth-order valence-corrected chi connectivity index (χ4v) is 4.28. The molecule has 0 aromatic heterocycles. The van der Waals surface area contributed by atoms with E-state index in [-0.39, 0.29) is 12.5 Å². The molecule has 0 radical (unpaired) electrons. The van der Waals surface area contributed by atoms with Gasteiger partial charge in [-0.25, -0.2) is 0 Å². The number of aryl methyl sites for hydroxylation is 1. The predicted octanol–water partition coefficient (Wildman–Crippen LogP) is 5.30. The van der Waals surface area contributed by atoms with Crippen molar-refractivity contribution in [3.63, 3.8) is 0 Å². The summed E-state index contributed by atoms with van der Waals surface area (Å²) in [5.41, 5.74) is 3.75. The molecular formula is C21H23Cl2NO2S. The van der Waals surface area contributed by atoms with Gasteiger partial charge >= 0.3 is 0 Å². The first kappa shape index (κ1) is 20.4. The van der Waals surface area contributed by atoms with Gasteiger partial charge in [0, 0.05) is 18.1 Å². The van der Waals surface area contributed by atoms with Gasteiger partial charge in [0.15, 0.2) is 6.61 Å². The number of hydrogen-bond acceptors (Lipinski definition) is 3. The Bertz CT molecular complexity index is 798. The minimum absolute atomic E-state index is 0.0634. The van der Waals surface area contributed by atoms with Crippen molar-refractivity contribution < 1.29 is 9.53 Å². The second-order valence-electron chi connectivity index (χ2n) is 6.54. The van der Waals surface area contributed by atoms with Gasteiger partial charge < -0.3 is 10.1 Å². The van der Waals surface area contributed by atoms with Crippen LogP contribution in [0.1, 0.15) is 29.5 Å². The first-order valence-corrected chi connectivity index (χ1v) is 11.1. The second-order valence-corrected chi connectivity index (χ2v) is 8.46. The second kappa shape index (κ2) is 10.3. The minimum Gasteiger partial charge on any atom is -0.483 e. The summed E-state index contributed by atoms with van der Waals surface area (Å²) < 4.78 is 5.77. The zero-order valence-electron chi connectivity index (χ0n) is 15.1. The first-order valence-electron chi connectivity index (χ1n) is 9.15. The summed E-state index contributed by atoms with van der Waals surface area (Å²) in [7, 11) is 0. The third-order valence-corrected chi connectivity index (χ3v) is 6.30. The summed E-state index contributed by atoms with van der Waals surface area (Å²) in [6.45, 7) is 0.676. The van der Waals surface area contributed by atoms with Crippen LogP contribution in [0.5, 0.6) is 5.75 Å². The lowest BCUT2D eigenvalue weighted by atomic mass is 9.91. The van der Waals surface area contributed by atoms with Gasteiger partial charge in [0.05, 0.1) is 10.0 Å². The van der Waals surface area contributed by atoms with Gasteiger partial charge in [0.25, 0.3) is 5.91 Å². The molecule has 6 heteroatoms. The molecule has 0 bridgehead atoms. The monoisotopic (exact) mass is 423 g/mol. The topological polar surface area (TPSA) is 38.3 Å². The van der Waals surface area contributed by atoms with Gasteiger partial charge in [-0.15, -0.1) is 0 Å². The summed E-state index contributed by atoms with van der Waals surface area (Å²) >= 11 is 13.7. The number of amides is 1. The van der Waals surface area contributed by atoms with Gasteiger partial charge in [-0.05, 0) is 60.6 Å². The summed E-state index contributed by atoms with van der Waals surface area (Å²) in [6.07, 6.45) is 4.57. The average Bonchev–Trinajstić information content (AvgIpc) is 2.68. The highest BCUT2D eigenvalue weighted by atomic mass is 35.5. The summed E-state index contributed by atoms with van der Waals surface area (Å²) in [4.78, 5) is 12.0. The van der Waals surface area contributed by atoms with Crippen molar-refractivity contribution in [2.45, 2.75) is 31.4 Å². The first-order chi connectivity index (χ1) is 13.1. The molecule has 144 valence electrons. The van der Waals surface area contributed by atoms with E-state index in [1.807, 2.05) is 24.3 Å². The molecule has 0 fully saturated rings. The SMILES string of the molecule is O=C(COc1cccc2c1CCCC2)NCCSCc1ccc(Cl)c(Cl)c1. The minimum atomic E-state index is -0.0847. The summed E-state index contributed by atoms with van der Waals surface area (Å²) in [5.74, 6) is 2.43. The van der Waals surface area contributed by atoms with E-state index in [2.05, 4.69) is 11.4 Å². The van der Waals surface area contributed by atoms with Crippen LogP contribution in [0.15, 0.2) is 36.4 Å². The fourth-order valence-electron chi connectivity index (χ4n) is 3.16. The highest BCUT2D eigenvalue weighted by molar-refractivity contribution is 7.98. The molecule has 0 unspecified atom stereocenters. The Kier molecular flexibility index (Phi) is 7.74. The highest BCUT2D eigenvalue weighted by Gasteiger charge is 2.14. The van der Waals surface area contributed by atoms with Crippen molar-refractivity contribution >= 4 is 40.9 Å². The third kappa shape index (κ3) is 6.06. The van der Waals surface area contributed by atoms with Crippen LogP contribution in [0.3, 0.4) is 0 Å². The van der Waals surface area contributed by atoms with Crippen molar-refractivity contribution in [2.75, 3.05) is 18.9 Å². The van der Waals surface area contributed by atoms with Crippen LogP contribution in [0, 0.1) is 0 Å². The van der Waals surface area contributed by atoms with Crippen molar-refractivity contribution in [1.82, 2.24) is 5.32 Å². The van der Waals surface area contributed by atoms with Crippen molar-refractivity contribution in [1.29, 1.82) is 0 Å². The van der Waals surface area contributed by atoms with E-state index in [0.29, 0.717) is 16.6 Å². The molecule has 0 aliphatic heterocycles. The van der Waals surface area contributed by atoms with E-state index in [0.717, 1.165) is 35.7 Å². The molecule has 3 rings (SSSR count). The van der Waals surface area contributed by atoms with Crippen LogP contribution in [0.2, 0.25) is 10.0 Å². The van der Waals surface area contributed by atoms with Gasteiger partial charge in [0.2, 0.25) is 0 Å². The van der Waals surface area contributed by atoms with E-state index in [9.17, 15) is 4.79 Å². The Morgan fingerprint density at radius 3 is 2.81 bits per heavy atom. The number of benzene rings is 2. The van der Waals surface area contributed by atoms with Crippen molar-refractivity contribution in [3.8, 4) is 5.75 Å². The number of nitrogens with one attached hydrogen (secondary N) is 1. The number of rotatable bonds is 8. The maximum atomic E-state index is 12.0. The van der Waals surface area contributed by atoms with E-state index in [1.54, 1.807) is 17.8 Å². The van der Waals surface area contributed by atoms with Crippen LogP contribution in [-0.2, 0) is 23.4 Å². The van der Waals surface area contributed by atoms with E-state index < -0.39 is 0 Å². The molecule has 1 aliphatic carbocycles.